The minimum absolute atomic E-state index is 0.235. The van der Waals surface area contributed by atoms with Crippen LogP contribution >= 0.6 is 0 Å². The molecule has 0 saturated carbocycles. The van der Waals surface area contributed by atoms with Crippen LogP contribution < -0.4 is 10.2 Å². The highest BCUT2D eigenvalue weighted by molar-refractivity contribution is 5.44. The van der Waals surface area contributed by atoms with Crippen molar-refractivity contribution in [2.45, 2.75) is 18.8 Å². The van der Waals surface area contributed by atoms with E-state index in [1.807, 2.05) is 0 Å². The zero-order chi connectivity index (χ0) is 15.6. The van der Waals surface area contributed by atoms with Gasteiger partial charge in [0, 0.05) is 26.7 Å². The van der Waals surface area contributed by atoms with E-state index in [-0.39, 0.29) is 11.8 Å². The normalized spacial score (nSPS) is 12.4. The molecule has 10 heteroatoms. The quantitative estimate of drug-likeness (QED) is 0.868. The molecule has 0 bridgehead atoms. The van der Waals surface area contributed by atoms with Crippen LogP contribution in [-0.4, -0.2) is 36.8 Å². The Hall–Kier alpha value is -1.74. The van der Waals surface area contributed by atoms with Gasteiger partial charge < -0.3 is 10.2 Å². The Kier molecular flexibility index (Phi) is 4.66. The average molecular weight is 302 g/mol. The van der Waals surface area contributed by atoms with E-state index in [1.54, 1.807) is 0 Å². The molecule has 0 aliphatic heterocycles. The lowest BCUT2D eigenvalue weighted by atomic mass is 10.3. The Morgan fingerprint density at radius 2 is 1.75 bits per heavy atom. The van der Waals surface area contributed by atoms with Crippen molar-refractivity contribution in [1.29, 1.82) is 0 Å². The van der Waals surface area contributed by atoms with Gasteiger partial charge in [-0.15, -0.1) is 0 Å². The first-order chi connectivity index (χ1) is 9.03. The number of halogens is 6. The molecule has 0 saturated heterocycles. The molecular formula is C10H12F6N4. The van der Waals surface area contributed by atoms with Crippen LogP contribution in [0.4, 0.5) is 38.1 Å². The van der Waals surface area contributed by atoms with E-state index in [4.69, 9.17) is 0 Å². The molecule has 0 spiro atoms. The van der Waals surface area contributed by atoms with Crippen LogP contribution in [0.15, 0.2) is 6.07 Å². The molecule has 1 rings (SSSR count). The lowest BCUT2D eigenvalue weighted by Gasteiger charge is -2.20. The second kappa shape index (κ2) is 5.71. The van der Waals surface area contributed by atoms with Gasteiger partial charge in [0.25, 0.3) is 0 Å². The third-order valence-corrected chi connectivity index (χ3v) is 2.35. The van der Waals surface area contributed by atoms with E-state index in [1.165, 1.54) is 14.1 Å². The van der Waals surface area contributed by atoms with Crippen molar-refractivity contribution in [2.24, 2.45) is 0 Å². The van der Waals surface area contributed by atoms with Crippen molar-refractivity contribution in [3.8, 4) is 0 Å². The summed E-state index contributed by atoms with van der Waals surface area (Å²) in [6.07, 6.45) is -10.2. The van der Waals surface area contributed by atoms with Crippen molar-refractivity contribution in [3.63, 3.8) is 0 Å². The Morgan fingerprint density at radius 3 is 2.20 bits per heavy atom. The summed E-state index contributed by atoms with van der Waals surface area (Å²) in [6, 6.07) is 0.608. The summed E-state index contributed by atoms with van der Waals surface area (Å²) >= 11 is 0. The van der Waals surface area contributed by atoms with Crippen molar-refractivity contribution >= 4 is 11.8 Å². The molecule has 0 unspecified atom stereocenters. The second-order valence-electron chi connectivity index (χ2n) is 3.97. The highest BCUT2D eigenvalue weighted by Crippen LogP contribution is 2.30. The number of anilines is 2. The first-order valence-electron chi connectivity index (χ1n) is 5.45. The second-order valence-corrected chi connectivity index (χ2v) is 3.97. The lowest BCUT2D eigenvalue weighted by molar-refractivity contribution is -0.141. The Labute approximate surface area is 110 Å². The minimum atomic E-state index is -4.70. The molecule has 0 aliphatic rings. The van der Waals surface area contributed by atoms with E-state index >= 15 is 0 Å². The largest absolute Gasteiger partial charge is 0.433 e. The molecule has 0 amide bonds. The highest BCUT2D eigenvalue weighted by atomic mass is 19.4. The van der Waals surface area contributed by atoms with Crippen LogP contribution in [0.2, 0.25) is 0 Å². The summed E-state index contributed by atoms with van der Waals surface area (Å²) in [5, 5.41) is 2.34. The third-order valence-electron chi connectivity index (χ3n) is 2.35. The van der Waals surface area contributed by atoms with E-state index < -0.39 is 31.0 Å². The van der Waals surface area contributed by atoms with Crippen LogP contribution in [-0.2, 0) is 6.18 Å². The van der Waals surface area contributed by atoms with Crippen molar-refractivity contribution in [2.75, 3.05) is 30.9 Å². The van der Waals surface area contributed by atoms with Gasteiger partial charge in [-0.2, -0.15) is 31.3 Å². The minimum Gasteiger partial charge on any atom is -0.359 e. The molecule has 0 aromatic carbocycles. The molecule has 1 aromatic heterocycles. The predicted molar refractivity (Wildman–Crippen MR) is 60.5 cm³/mol. The Bertz CT molecular complexity index is 456. The number of nitrogens with zero attached hydrogens (tertiary/aromatic N) is 3. The first-order valence-corrected chi connectivity index (χ1v) is 5.45. The topological polar surface area (TPSA) is 41.1 Å². The fourth-order valence-corrected chi connectivity index (χ4v) is 1.30. The van der Waals surface area contributed by atoms with Gasteiger partial charge in [-0.3, -0.25) is 0 Å². The van der Waals surface area contributed by atoms with Crippen LogP contribution in [0.5, 0.6) is 0 Å². The molecule has 0 radical (unpaired) electrons. The molecule has 20 heavy (non-hydrogen) atoms. The molecule has 0 fully saturated rings. The van der Waals surface area contributed by atoms with Gasteiger partial charge in [-0.1, -0.05) is 0 Å². The maximum Gasteiger partial charge on any atom is 0.433 e. The van der Waals surface area contributed by atoms with Gasteiger partial charge in [-0.25, -0.2) is 4.98 Å². The van der Waals surface area contributed by atoms with E-state index in [0.29, 0.717) is 6.07 Å². The zero-order valence-corrected chi connectivity index (χ0v) is 10.6. The van der Waals surface area contributed by atoms with Crippen molar-refractivity contribution in [3.05, 3.63) is 11.8 Å². The van der Waals surface area contributed by atoms with Crippen LogP contribution in [0.3, 0.4) is 0 Å². The zero-order valence-electron chi connectivity index (χ0n) is 10.6. The summed E-state index contributed by atoms with van der Waals surface area (Å²) in [5.41, 5.74) is -1.22. The van der Waals surface area contributed by atoms with E-state index in [2.05, 4.69) is 15.3 Å². The standard InChI is InChI=1S/C10H12F6N4/c1-17-8-18-6(10(14,15)16)5-7(19-8)20(2)4-3-9(11,12)13/h5H,3-4H2,1-2H3,(H,17,18,19). The third kappa shape index (κ3) is 4.74. The predicted octanol–water partition coefficient (Wildman–Crippen LogP) is 2.93. The van der Waals surface area contributed by atoms with Gasteiger partial charge in [0.15, 0.2) is 5.69 Å². The summed E-state index contributed by atoms with van der Waals surface area (Å²) in [5.74, 6) is -0.547. The number of hydrogen-bond acceptors (Lipinski definition) is 4. The number of hydrogen-bond donors (Lipinski definition) is 1. The maximum absolute atomic E-state index is 12.6. The van der Waals surface area contributed by atoms with Gasteiger partial charge in [-0.05, 0) is 0 Å². The maximum atomic E-state index is 12.6. The van der Waals surface area contributed by atoms with Crippen LogP contribution in [0.25, 0.3) is 0 Å². The molecule has 1 heterocycles. The smallest absolute Gasteiger partial charge is 0.359 e. The molecule has 0 aliphatic carbocycles. The number of alkyl halides is 6. The summed E-state index contributed by atoms with van der Waals surface area (Å²) < 4.78 is 74.1. The molecule has 1 N–H and O–H groups in total. The van der Waals surface area contributed by atoms with Crippen molar-refractivity contribution < 1.29 is 26.3 Å². The monoisotopic (exact) mass is 302 g/mol. The first kappa shape index (κ1) is 16.3. The molecule has 114 valence electrons. The number of nitrogens with one attached hydrogen (secondary N) is 1. The Morgan fingerprint density at radius 1 is 1.15 bits per heavy atom. The molecule has 1 aromatic rings. The average Bonchev–Trinajstić information content (AvgIpc) is 2.33. The summed E-state index contributed by atoms with van der Waals surface area (Å²) in [7, 11) is 2.54. The van der Waals surface area contributed by atoms with Gasteiger partial charge in [0.1, 0.15) is 5.82 Å². The van der Waals surface area contributed by atoms with E-state index in [0.717, 1.165) is 4.90 Å². The molecular weight excluding hydrogens is 290 g/mol. The Balaban J connectivity index is 2.99. The van der Waals surface area contributed by atoms with Crippen molar-refractivity contribution in [1.82, 2.24) is 9.97 Å². The fourth-order valence-electron chi connectivity index (χ4n) is 1.30. The SMILES string of the molecule is CNc1nc(N(C)CCC(F)(F)F)cc(C(F)(F)F)n1. The van der Waals surface area contributed by atoms with Gasteiger partial charge in [0.05, 0.1) is 6.42 Å². The van der Waals surface area contributed by atoms with E-state index in [9.17, 15) is 26.3 Å². The molecule has 0 atom stereocenters. The van der Waals surface area contributed by atoms with Gasteiger partial charge >= 0.3 is 12.4 Å². The highest BCUT2D eigenvalue weighted by Gasteiger charge is 2.34. The molecule has 4 nitrogen and oxygen atoms in total. The number of aromatic nitrogens is 2. The lowest BCUT2D eigenvalue weighted by Crippen LogP contribution is -2.26. The van der Waals surface area contributed by atoms with Gasteiger partial charge in [0.2, 0.25) is 5.95 Å². The number of rotatable bonds is 4. The van der Waals surface area contributed by atoms with Crippen LogP contribution in [0.1, 0.15) is 12.1 Å². The van der Waals surface area contributed by atoms with Crippen LogP contribution in [0, 0.1) is 0 Å². The summed E-state index contributed by atoms with van der Waals surface area (Å²) in [6.45, 7) is -0.499. The summed E-state index contributed by atoms with van der Waals surface area (Å²) in [4.78, 5) is 7.91. The fraction of sp³-hybridized carbons (Fsp3) is 0.600.